The molecule has 0 saturated heterocycles. The number of ether oxygens (including phenoxy) is 2. The Morgan fingerprint density at radius 3 is 2.46 bits per heavy atom. The summed E-state index contributed by atoms with van der Waals surface area (Å²) in [5, 5.41) is 2.82. The van der Waals surface area contributed by atoms with Crippen LogP contribution in [0, 0.1) is 0 Å². The Morgan fingerprint density at radius 1 is 0.917 bits per heavy atom. The van der Waals surface area contributed by atoms with Gasteiger partial charge in [0.15, 0.2) is 5.06 Å². The number of rotatable bonds is 7. The zero-order valence-electron chi connectivity index (χ0n) is 12.7. The van der Waals surface area contributed by atoms with Gasteiger partial charge in [-0.3, -0.25) is 9.59 Å². The van der Waals surface area contributed by atoms with E-state index in [0.29, 0.717) is 18.3 Å². The van der Waals surface area contributed by atoms with Crippen LogP contribution in [0.1, 0.15) is 9.67 Å². The van der Waals surface area contributed by atoms with Gasteiger partial charge in [-0.2, -0.15) is 0 Å². The zero-order valence-corrected chi connectivity index (χ0v) is 13.5. The van der Waals surface area contributed by atoms with Crippen molar-refractivity contribution in [3.63, 3.8) is 0 Å². The number of benzene rings is 2. The Morgan fingerprint density at radius 2 is 1.67 bits per heavy atom. The SMILES string of the molecule is NC(=O)C(=O)c1ccc(OCCOc2ccc3ccccc3c2)s1. The molecule has 0 fully saturated rings. The summed E-state index contributed by atoms with van der Waals surface area (Å²) in [6.45, 7) is 0.701. The molecule has 24 heavy (non-hydrogen) atoms. The molecule has 1 aromatic heterocycles. The van der Waals surface area contributed by atoms with Crippen LogP contribution in [0.15, 0.2) is 54.6 Å². The summed E-state index contributed by atoms with van der Waals surface area (Å²) in [7, 11) is 0. The number of ketones is 1. The largest absolute Gasteiger partial charge is 0.490 e. The quantitative estimate of drug-likeness (QED) is 0.407. The van der Waals surface area contributed by atoms with Crippen molar-refractivity contribution in [3.8, 4) is 10.8 Å². The van der Waals surface area contributed by atoms with Gasteiger partial charge in [0.25, 0.3) is 11.7 Å². The normalized spacial score (nSPS) is 10.5. The van der Waals surface area contributed by atoms with E-state index in [0.717, 1.165) is 27.9 Å². The van der Waals surface area contributed by atoms with E-state index in [1.807, 2.05) is 42.5 Å². The van der Waals surface area contributed by atoms with E-state index in [4.69, 9.17) is 15.2 Å². The number of hydrogen-bond acceptors (Lipinski definition) is 5. The van der Waals surface area contributed by atoms with Gasteiger partial charge in [0.1, 0.15) is 19.0 Å². The monoisotopic (exact) mass is 341 g/mol. The van der Waals surface area contributed by atoms with E-state index in [2.05, 4.69) is 0 Å². The van der Waals surface area contributed by atoms with Crippen LogP contribution < -0.4 is 15.2 Å². The van der Waals surface area contributed by atoms with Gasteiger partial charge in [-0.05, 0) is 35.0 Å². The third kappa shape index (κ3) is 3.72. The standard InChI is InChI=1S/C18H15NO4S/c19-18(21)17(20)15-7-8-16(24-15)23-10-9-22-14-6-5-12-3-1-2-4-13(12)11-14/h1-8,11H,9-10H2,(H2,19,21). The molecule has 2 N–H and O–H groups in total. The second-order valence-corrected chi connectivity index (χ2v) is 6.06. The minimum absolute atomic E-state index is 0.271. The first-order chi connectivity index (χ1) is 11.6. The van der Waals surface area contributed by atoms with Gasteiger partial charge >= 0.3 is 0 Å². The van der Waals surface area contributed by atoms with Gasteiger partial charge in [-0.25, -0.2) is 0 Å². The number of carbonyl (C=O) groups is 2. The third-order valence-corrected chi connectivity index (χ3v) is 4.34. The molecule has 3 aromatic rings. The molecule has 0 spiro atoms. The van der Waals surface area contributed by atoms with Crippen LogP contribution >= 0.6 is 11.3 Å². The predicted octanol–water partition coefficient (Wildman–Crippen LogP) is 3.03. The molecule has 122 valence electrons. The molecule has 0 bridgehead atoms. The molecule has 0 aliphatic carbocycles. The molecule has 5 nitrogen and oxygen atoms in total. The Kier molecular flexibility index (Phi) is 4.77. The summed E-state index contributed by atoms with van der Waals surface area (Å²) in [5.41, 5.74) is 4.96. The van der Waals surface area contributed by atoms with Gasteiger partial charge in [-0.15, -0.1) is 0 Å². The molecular weight excluding hydrogens is 326 g/mol. The number of amides is 1. The Labute approximate surface area is 142 Å². The highest BCUT2D eigenvalue weighted by molar-refractivity contribution is 7.16. The minimum Gasteiger partial charge on any atom is -0.490 e. The van der Waals surface area contributed by atoms with Gasteiger partial charge in [0.05, 0.1) is 4.88 Å². The highest BCUT2D eigenvalue weighted by Gasteiger charge is 2.15. The highest BCUT2D eigenvalue weighted by atomic mass is 32.1. The fourth-order valence-corrected chi connectivity index (χ4v) is 3.02. The van der Waals surface area contributed by atoms with Crippen LogP contribution in [0.4, 0.5) is 0 Å². The molecule has 0 atom stereocenters. The van der Waals surface area contributed by atoms with Crippen LogP contribution in [-0.2, 0) is 4.79 Å². The van der Waals surface area contributed by atoms with Crippen molar-refractivity contribution >= 4 is 33.8 Å². The average molecular weight is 341 g/mol. The fraction of sp³-hybridized carbons (Fsp3) is 0.111. The molecule has 0 unspecified atom stereocenters. The molecule has 0 aliphatic rings. The van der Waals surface area contributed by atoms with Crippen LogP contribution in [0.25, 0.3) is 10.8 Å². The Bertz CT molecular complexity index is 887. The second kappa shape index (κ2) is 7.14. The number of fused-ring (bicyclic) bond motifs is 1. The van der Waals surface area contributed by atoms with E-state index < -0.39 is 11.7 Å². The van der Waals surface area contributed by atoms with Crippen LogP contribution in [0.3, 0.4) is 0 Å². The number of primary amides is 1. The number of carbonyl (C=O) groups excluding carboxylic acids is 2. The van der Waals surface area contributed by atoms with E-state index in [-0.39, 0.29) is 4.88 Å². The highest BCUT2D eigenvalue weighted by Crippen LogP contribution is 2.25. The van der Waals surface area contributed by atoms with Crippen molar-refractivity contribution in [1.29, 1.82) is 0 Å². The maximum atomic E-state index is 11.4. The molecule has 0 radical (unpaired) electrons. The zero-order chi connectivity index (χ0) is 16.9. The lowest BCUT2D eigenvalue weighted by Crippen LogP contribution is -2.21. The van der Waals surface area contributed by atoms with Crippen molar-refractivity contribution < 1.29 is 19.1 Å². The molecule has 0 saturated carbocycles. The molecule has 1 amide bonds. The van der Waals surface area contributed by atoms with Crippen molar-refractivity contribution in [2.45, 2.75) is 0 Å². The van der Waals surface area contributed by atoms with E-state index in [1.54, 1.807) is 6.07 Å². The van der Waals surface area contributed by atoms with Gasteiger partial charge < -0.3 is 15.2 Å². The smallest absolute Gasteiger partial charge is 0.290 e. The minimum atomic E-state index is -0.969. The van der Waals surface area contributed by atoms with Crippen LogP contribution in [0.2, 0.25) is 0 Å². The average Bonchev–Trinajstić information content (AvgIpc) is 3.06. The lowest BCUT2D eigenvalue weighted by Gasteiger charge is -2.08. The summed E-state index contributed by atoms with van der Waals surface area (Å²) in [6, 6.07) is 17.1. The summed E-state index contributed by atoms with van der Waals surface area (Å²) in [5.74, 6) is -0.904. The Balaban J connectivity index is 1.51. The second-order valence-electron chi connectivity index (χ2n) is 5.02. The maximum absolute atomic E-state index is 11.4. The third-order valence-electron chi connectivity index (χ3n) is 3.35. The summed E-state index contributed by atoms with van der Waals surface area (Å²) in [6.07, 6.45) is 0. The molecule has 6 heteroatoms. The molecule has 1 heterocycles. The van der Waals surface area contributed by atoms with Gasteiger partial charge in [0, 0.05) is 0 Å². The van der Waals surface area contributed by atoms with Crippen molar-refractivity contribution in [3.05, 3.63) is 59.5 Å². The number of nitrogens with two attached hydrogens (primary N) is 1. The first kappa shape index (κ1) is 16.0. The fourth-order valence-electron chi connectivity index (χ4n) is 2.20. The van der Waals surface area contributed by atoms with Crippen molar-refractivity contribution in [1.82, 2.24) is 0 Å². The van der Waals surface area contributed by atoms with Crippen molar-refractivity contribution in [2.24, 2.45) is 5.73 Å². The first-order valence-corrected chi connectivity index (χ1v) is 8.13. The van der Waals surface area contributed by atoms with Gasteiger partial charge in [-0.1, -0.05) is 41.7 Å². The first-order valence-electron chi connectivity index (χ1n) is 7.32. The number of hydrogen-bond donors (Lipinski definition) is 1. The lowest BCUT2D eigenvalue weighted by atomic mass is 10.1. The molecule has 2 aromatic carbocycles. The molecular formula is C18H15NO4S. The van der Waals surface area contributed by atoms with E-state index in [1.165, 1.54) is 6.07 Å². The predicted molar refractivity (Wildman–Crippen MR) is 92.8 cm³/mol. The summed E-state index contributed by atoms with van der Waals surface area (Å²) >= 11 is 1.09. The van der Waals surface area contributed by atoms with Gasteiger partial charge in [0.2, 0.25) is 0 Å². The molecule has 0 aliphatic heterocycles. The molecule has 3 rings (SSSR count). The maximum Gasteiger partial charge on any atom is 0.290 e. The number of Topliss-reactive ketones (excluding diaryl/α,β-unsaturated/α-hetero) is 1. The summed E-state index contributed by atoms with van der Waals surface area (Å²) < 4.78 is 11.2. The van der Waals surface area contributed by atoms with Crippen LogP contribution in [-0.4, -0.2) is 24.9 Å². The van der Waals surface area contributed by atoms with Crippen molar-refractivity contribution in [2.75, 3.05) is 13.2 Å². The topological polar surface area (TPSA) is 78.6 Å². The van der Waals surface area contributed by atoms with E-state index >= 15 is 0 Å². The lowest BCUT2D eigenvalue weighted by molar-refractivity contribution is -0.114. The summed E-state index contributed by atoms with van der Waals surface area (Å²) in [4.78, 5) is 22.5. The Hall–Kier alpha value is -2.86. The number of thiophene rings is 1. The van der Waals surface area contributed by atoms with Crippen LogP contribution in [0.5, 0.6) is 10.8 Å². The van der Waals surface area contributed by atoms with E-state index in [9.17, 15) is 9.59 Å².